The fraction of sp³-hybridized carbons (Fsp3) is 0.562. The summed E-state index contributed by atoms with van der Waals surface area (Å²) < 4.78 is 0. The van der Waals surface area contributed by atoms with Crippen LogP contribution in [0.15, 0.2) is 17.1 Å². The summed E-state index contributed by atoms with van der Waals surface area (Å²) in [6.07, 6.45) is 5.49. The van der Waals surface area contributed by atoms with Gasteiger partial charge in [0.15, 0.2) is 0 Å². The van der Waals surface area contributed by atoms with Gasteiger partial charge in [-0.3, -0.25) is 4.99 Å². The van der Waals surface area contributed by atoms with Crippen LogP contribution in [0.3, 0.4) is 0 Å². The molecule has 0 heterocycles. The highest BCUT2D eigenvalue weighted by atomic mass is 14.8. The lowest BCUT2D eigenvalue weighted by Crippen LogP contribution is -2.08. The molecular formula is C16H21N. The Labute approximate surface area is 104 Å². The summed E-state index contributed by atoms with van der Waals surface area (Å²) in [6, 6.07) is 4.50. The van der Waals surface area contributed by atoms with E-state index >= 15 is 0 Å². The van der Waals surface area contributed by atoms with Crippen LogP contribution in [-0.4, -0.2) is 5.71 Å². The van der Waals surface area contributed by atoms with E-state index in [1.54, 1.807) is 0 Å². The predicted octanol–water partition coefficient (Wildman–Crippen LogP) is 4.50. The van der Waals surface area contributed by atoms with E-state index in [0.717, 1.165) is 11.8 Å². The van der Waals surface area contributed by atoms with E-state index in [9.17, 15) is 0 Å². The molecule has 0 radical (unpaired) electrons. The highest BCUT2D eigenvalue weighted by Crippen LogP contribution is 2.43. The van der Waals surface area contributed by atoms with E-state index in [2.05, 4.69) is 32.9 Å². The number of aryl methyl sites for hydroxylation is 3. The summed E-state index contributed by atoms with van der Waals surface area (Å²) in [5.74, 6) is 1.75. The van der Waals surface area contributed by atoms with E-state index in [1.165, 1.54) is 53.8 Å². The molecule has 1 aromatic carbocycles. The first-order valence-electron chi connectivity index (χ1n) is 6.79. The van der Waals surface area contributed by atoms with Gasteiger partial charge >= 0.3 is 0 Å². The standard InChI is InChI=1S/C16H21N/c1-10-6-11(2)16(12(3)7-10)17-15-9-13-4-5-14(15)8-13/h6-7,13-14H,4-5,8-9H2,1-3H3. The van der Waals surface area contributed by atoms with Crippen molar-refractivity contribution < 1.29 is 0 Å². The average molecular weight is 227 g/mol. The Kier molecular flexibility index (Phi) is 2.57. The van der Waals surface area contributed by atoms with Gasteiger partial charge in [0, 0.05) is 5.71 Å². The first-order valence-corrected chi connectivity index (χ1v) is 6.79. The quantitative estimate of drug-likeness (QED) is 0.669. The first-order chi connectivity index (χ1) is 8.13. The Balaban J connectivity index is 1.98. The van der Waals surface area contributed by atoms with Crippen LogP contribution in [0.2, 0.25) is 0 Å². The van der Waals surface area contributed by atoms with E-state index in [0.29, 0.717) is 0 Å². The zero-order valence-electron chi connectivity index (χ0n) is 11.1. The molecule has 2 saturated carbocycles. The van der Waals surface area contributed by atoms with Crippen LogP contribution in [0, 0.1) is 32.6 Å². The summed E-state index contributed by atoms with van der Waals surface area (Å²) in [5, 5.41) is 0. The minimum atomic E-state index is 0.806. The van der Waals surface area contributed by atoms with Crippen molar-refractivity contribution in [3.63, 3.8) is 0 Å². The topological polar surface area (TPSA) is 12.4 Å². The van der Waals surface area contributed by atoms with Crippen LogP contribution in [0.5, 0.6) is 0 Å². The molecule has 2 unspecified atom stereocenters. The SMILES string of the molecule is Cc1cc(C)c(N=C2CC3CCC2C3)c(C)c1. The molecule has 0 saturated heterocycles. The van der Waals surface area contributed by atoms with Crippen molar-refractivity contribution in [2.75, 3.05) is 0 Å². The molecular weight excluding hydrogens is 206 g/mol. The lowest BCUT2D eigenvalue weighted by Gasteiger charge is -2.14. The minimum absolute atomic E-state index is 0.806. The van der Waals surface area contributed by atoms with Crippen LogP contribution in [0.25, 0.3) is 0 Å². The lowest BCUT2D eigenvalue weighted by atomic mass is 9.98. The number of hydrogen-bond acceptors (Lipinski definition) is 1. The van der Waals surface area contributed by atoms with Gasteiger partial charge in [-0.15, -0.1) is 0 Å². The van der Waals surface area contributed by atoms with E-state index < -0.39 is 0 Å². The third-order valence-corrected chi connectivity index (χ3v) is 4.40. The summed E-state index contributed by atoms with van der Waals surface area (Å²) in [5.41, 5.74) is 6.72. The molecule has 3 rings (SSSR count). The molecule has 1 heteroatoms. The molecule has 2 atom stereocenters. The van der Waals surface area contributed by atoms with Gasteiger partial charge in [0.2, 0.25) is 0 Å². The Bertz CT molecular complexity index is 461. The number of rotatable bonds is 1. The highest BCUT2D eigenvalue weighted by Gasteiger charge is 2.36. The molecule has 2 aliphatic rings. The van der Waals surface area contributed by atoms with Crippen LogP contribution < -0.4 is 0 Å². The van der Waals surface area contributed by atoms with Crippen molar-refractivity contribution in [2.24, 2.45) is 16.8 Å². The van der Waals surface area contributed by atoms with Crippen LogP contribution in [0.4, 0.5) is 5.69 Å². The van der Waals surface area contributed by atoms with Gasteiger partial charge in [0.05, 0.1) is 5.69 Å². The van der Waals surface area contributed by atoms with Gasteiger partial charge in [-0.05, 0) is 69.4 Å². The molecule has 0 aromatic heterocycles. The van der Waals surface area contributed by atoms with Crippen molar-refractivity contribution >= 4 is 11.4 Å². The van der Waals surface area contributed by atoms with Crippen LogP contribution in [0.1, 0.15) is 42.4 Å². The minimum Gasteiger partial charge on any atom is -0.257 e. The second kappa shape index (κ2) is 3.97. The summed E-state index contributed by atoms with van der Waals surface area (Å²) in [6.45, 7) is 6.54. The number of nitrogens with zero attached hydrogens (tertiary/aromatic N) is 1. The lowest BCUT2D eigenvalue weighted by molar-refractivity contribution is 0.592. The van der Waals surface area contributed by atoms with Crippen LogP contribution in [-0.2, 0) is 0 Å². The van der Waals surface area contributed by atoms with Gasteiger partial charge in [0.25, 0.3) is 0 Å². The third-order valence-electron chi connectivity index (χ3n) is 4.40. The predicted molar refractivity (Wildman–Crippen MR) is 73.2 cm³/mol. The summed E-state index contributed by atoms with van der Waals surface area (Å²) in [4.78, 5) is 5.00. The first kappa shape index (κ1) is 11.0. The van der Waals surface area contributed by atoms with Crippen molar-refractivity contribution in [1.29, 1.82) is 0 Å². The Morgan fingerprint density at radius 1 is 1.06 bits per heavy atom. The fourth-order valence-electron chi connectivity index (χ4n) is 3.65. The van der Waals surface area contributed by atoms with Gasteiger partial charge in [-0.2, -0.15) is 0 Å². The van der Waals surface area contributed by atoms with Gasteiger partial charge in [-0.1, -0.05) is 17.7 Å². The van der Waals surface area contributed by atoms with Crippen molar-refractivity contribution in [1.82, 2.24) is 0 Å². The van der Waals surface area contributed by atoms with Crippen molar-refractivity contribution in [3.05, 3.63) is 28.8 Å². The Morgan fingerprint density at radius 2 is 1.76 bits per heavy atom. The number of hydrogen-bond donors (Lipinski definition) is 0. The molecule has 0 amide bonds. The molecule has 0 aliphatic heterocycles. The second-order valence-corrected chi connectivity index (χ2v) is 5.93. The molecule has 2 aliphatic carbocycles. The van der Waals surface area contributed by atoms with Crippen LogP contribution >= 0.6 is 0 Å². The van der Waals surface area contributed by atoms with Gasteiger partial charge in [-0.25, -0.2) is 0 Å². The number of aliphatic imine (C=N–C) groups is 1. The van der Waals surface area contributed by atoms with Crippen molar-refractivity contribution in [3.8, 4) is 0 Å². The normalized spacial score (nSPS) is 29.2. The summed E-state index contributed by atoms with van der Waals surface area (Å²) in [7, 11) is 0. The Morgan fingerprint density at radius 3 is 2.29 bits per heavy atom. The molecule has 2 bridgehead atoms. The second-order valence-electron chi connectivity index (χ2n) is 5.93. The Hall–Kier alpha value is -1.11. The maximum absolute atomic E-state index is 5.00. The largest absolute Gasteiger partial charge is 0.257 e. The molecule has 17 heavy (non-hydrogen) atoms. The van der Waals surface area contributed by atoms with Crippen molar-refractivity contribution in [2.45, 2.75) is 46.5 Å². The average Bonchev–Trinajstić information content (AvgIpc) is 2.84. The number of fused-ring (bicyclic) bond motifs is 2. The molecule has 90 valence electrons. The van der Waals surface area contributed by atoms with Gasteiger partial charge < -0.3 is 0 Å². The van der Waals surface area contributed by atoms with E-state index in [4.69, 9.17) is 4.99 Å². The zero-order chi connectivity index (χ0) is 12.0. The van der Waals surface area contributed by atoms with E-state index in [1.807, 2.05) is 0 Å². The molecule has 1 aromatic rings. The maximum Gasteiger partial charge on any atom is 0.0687 e. The third kappa shape index (κ3) is 1.92. The fourth-order valence-corrected chi connectivity index (χ4v) is 3.65. The smallest absolute Gasteiger partial charge is 0.0687 e. The monoisotopic (exact) mass is 227 g/mol. The molecule has 1 nitrogen and oxygen atoms in total. The maximum atomic E-state index is 5.00. The number of benzene rings is 1. The van der Waals surface area contributed by atoms with Gasteiger partial charge in [0.1, 0.15) is 0 Å². The highest BCUT2D eigenvalue weighted by molar-refractivity contribution is 5.92. The van der Waals surface area contributed by atoms with E-state index in [-0.39, 0.29) is 0 Å². The zero-order valence-corrected chi connectivity index (χ0v) is 11.1. The molecule has 0 spiro atoms. The molecule has 2 fully saturated rings. The molecule has 0 N–H and O–H groups in total. The summed E-state index contributed by atoms with van der Waals surface area (Å²) >= 11 is 0.